The highest BCUT2D eigenvalue weighted by atomic mass is 16.4. The zero-order valence-electron chi connectivity index (χ0n) is 13.1. The third kappa shape index (κ3) is 3.97. The van der Waals surface area contributed by atoms with E-state index in [2.05, 4.69) is 11.8 Å². The van der Waals surface area contributed by atoms with Crippen LogP contribution in [0.2, 0.25) is 0 Å². The molecule has 1 saturated carbocycles. The summed E-state index contributed by atoms with van der Waals surface area (Å²) < 4.78 is 0. The lowest BCUT2D eigenvalue weighted by atomic mass is 9.83. The fourth-order valence-corrected chi connectivity index (χ4v) is 4.41. The van der Waals surface area contributed by atoms with Crippen LogP contribution in [0.25, 0.3) is 0 Å². The zero-order valence-corrected chi connectivity index (χ0v) is 13.1. The predicted molar refractivity (Wildman–Crippen MR) is 81.9 cm³/mol. The van der Waals surface area contributed by atoms with Gasteiger partial charge in [-0.1, -0.05) is 39.0 Å². The van der Waals surface area contributed by atoms with Crippen LogP contribution in [0.3, 0.4) is 0 Å². The van der Waals surface area contributed by atoms with Crippen LogP contribution in [0.4, 0.5) is 0 Å². The number of carbonyl (C=O) groups is 1. The lowest BCUT2D eigenvalue weighted by Crippen LogP contribution is -2.52. The number of likely N-dealkylation sites (tertiary alicyclic amines) is 1. The molecule has 2 unspecified atom stereocenters. The molecule has 0 aromatic carbocycles. The highest BCUT2D eigenvalue weighted by molar-refractivity contribution is 5.68. The Kier molecular flexibility index (Phi) is 5.88. The molecule has 1 saturated heterocycles. The largest absolute Gasteiger partial charge is 0.481 e. The van der Waals surface area contributed by atoms with Crippen LogP contribution >= 0.6 is 0 Å². The Hall–Kier alpha value is -0.570. The highest BCUT2D eigenvalue weighted by Crippen LogP contribution is 2.39. The van der Waals surface area contributed by atoms with Gasteiger partial charge in [-0.15, -0.1) is 0 Å². The molecule has 3 heteroatoms. The summed E-state index contributed by atoms with van der Waals surface area (Å²) in [4.78, 5) is 13.9. The smallest absolute Gasteiger partial charge is 0.305 e. The molecule has 116 valence electrons. The molecular weight excluding hydrogens is 250 g/mol. The summed E-state index contributed by atoms with van der Waals surface area (Å²) in [6.07, 6.45) is 12.7. The SMILES string of the molecule is CCCC1CCCC(CC(=O)O)(N2CCCCC2)CC1. The molecule has 1 heterocycles. The van der Waals surface area contributed by atoms with E-state index < -0.39 is 5.97 Å². The fourth-order valence-electron chi connectivity index (χ4n) is 4.41. The van der Waals surface area contributed by atoms with Crippen molar-refractivity contribution < 1.29 is 9.90 Å². The molecule has 3 nitrogen and oxygen atoms in total. The maximum atomic E-state index is 11.4. The average molecular weight is 281 g/mol. The summed E-state index contributed by atoms with van der Waals surface area (Å²) in [5.41, 5.74) is -0.0330. The first-order chi connectivity index (χ1) is 9.66. The molecule has 2 aliphatic rings. The number of hydrogen-bond acceptors (Lipinski definition) is 2. The lowest BCUT2D eigenvalue weighted by Gasteiger charge is -2.45. The van der Waals surface area contributed by atoms with E-state index in [0.29, 0.717) is 6.42 Å². The number of piperidine rings is 1. The number of rotatable bonds is 5. The van der Waals surface area contributed by atoms with Crippen LogP contribution in [-0.4, -0.2) is 34.6 Å². The summed E-state index contributed by atoms with van der Waals surface area (Å²) in [7, 11) is 0. The molecule has 0 aromatic heterocycles. The van der Waals surface area contributed by atoms with Crippen LogP contribution in [0.1, 0.15) is 77.6 Å². The van der Waals surface area contributed by atoms with Gasteiger partial charge in [-0.3, -0.25) is 9.69 Å². The zero-order chi connectivity index (χ0) is 14.4. The molecule has 0 radical (unpaired) electrons. The second-order valence-electron chi connectivity index (χ2n) is 6.93. The molecule has 2 rings (SSSR count). The van der Waals surface area contributed by atoms with Gasteiger partial charge in [0.15, 0.2) is 0 Å². The van der Waals surface area contributed by atoms with Gasteiger partial charge in [-0.25, -0.2) is 0 Å². The number of nitrogens with zero attached hydrogens (tertiary/aromatic N) is 1. The summed E-state index contributed by atoms with van der Waals surface area (Å²) in [5, 5.41) is 9.40. The van der Waals surface area contributed by atoms with E-state index in [1.54, 1.807) is 0 Å². The van der Waals surface area contributed by atoms with E-state index in [4.69, 9.17) is 0 Å². The van der Waals surface area contributed by atoms with Crippen molar-refractivity contribution in [1.82, 2.24) is 4.90 Å². The molecule has 2 atom stereocenters. The van der Waals surface area contributed by atoms with Gasteiger partial charge in [0.25, 0.3) is 0 Å². The first kappa shape index (κ1) is 15.8. The van der Waals surface area contributed by atoms with Crippen molar-refractivity contribution in [3.05, 3.63) is 0 Å². The molecule has 0 aromatic rings. The maximum Gasteiger partial charge on any atom is 0.305 e. The van der Waals surface area contributed by atoms with Crippen LogP contribution < -0.4 is 0 Å². The normalized spacial score (nSPS) is 32.8. The Morgan fingerprint density at radius 3 is 2.55 bits per heavy atom. The Labute approximate surface area is 123 Å². The van der Waals surface area contributed by atoms with Gasteiger partial charge in [0.2, 0.25) is 0 Å². The monoisotopic (exact) mass is 281 g/mol. The van der Waals surface area contributed by atoms with Gasteiger partial charge < -0.3 is 5.11 Å². The molecule has 1 N–H and O–H groups in total. The van der Waals surface area contributed by atoms with Crippen molar-refractivity contribution in [3.63, 3.8) is 0 Å². The summed E-state index contributed by atoms with van der Waals surface area (Å²) in [5.74, 6) is 0.227. The van der Waals surface area contributed by atoms with E-state index in [9.17, 15) is 9.90 Å². The van der Waals surface area contributed by atoms with Crippen molar-refractivity contribution in [3.8, 4) is 0 Å². The van der Waals surface area contributed by atoms with Crippen LogP contribution in [0, 0.1) is 5.92 Å². The third-order valence-corrected chi connectivity index (χ3v) is 5.48. The number of aliphatic carboxylic acids is 1. The van der Waals surface area contributed by atoms with Gasteiger partial charge in [-0.05, 0) is 51.1 Å². The standard InChI is InChI=1S/C17H31NO2/c1-2-7-15-8-6-10-17(11-9-15,14-16(19)20)18-12-4-3-5-13-18/h15H,2-14H2,1H3,(H,19,20). The van der Waals surface area contributed by atoms with Crippen LogP contribution in [0.5, 0.6) is 0 Å². The summed E-state index contributed by atoms with van der Waals surface area (Å²) in [6.45, 7) is 4.50. The van der Waals surface area contributed by atoms with Crippen LogP contribution in [0.15, 0.2) is 0 Å². The minimum atomic E-state index is -0.607. The van der Waals surface area contributed by atoms with E-state index in [1.165, 1.54) is 51.4 Å². The number of carboxylic acid groups (broad SMARTS) is 1. The quantitative estimate of drug-likeness (QED) is 0.772. The van der Waals surface area contributed by atoms with E-state index in [-0.39, 0.29) is 5.54 Å². The second-order valence-corrected chi connectivity index (χ2v) is 6.93. The van der Waals surface area contributed by atoms with Gasteiger partial charge >= 0.3 is 5.97 Å². The molecule has 0 spiro atoms. The molecule has 0 bridgehead atoms. The molecule has 1 aliphatic heterocycles. The Morgan fingerprint density at radius 1 is 1.15 bits per heavy atom. The lowest BCUT2D eigenvalue weighted by molar-refractivity contribution is -0.141. The maximum absolute atomic E-state index is 11.4. The minimum absolute atomic E-state index is 0.0330. The number of carboxylic acids is 1. The molecule has 2 fully saturated rings. The number of hydrogen-bond donors (Lipinski definition) is 1. The van der Waals surface area contributed by atoms with Gasteiger partial charge in [0.1, 0.15) is 0 Å². The van der Waals surface area contributed by atoms with Crippen molar-refractivity contribution >= 4 is 5.97 Å². The Morgan fingerprint density at radius 2 is 1.90 bits per heavy atom. The Balaban J connectivity index is 2.07. The highest BCUT2D eigenvalue weighted by Gasteiger charge is 2.40. The predicted octanol–water partition coefficient (Wildman–Crippen LogP) is 4.07. The Bertz CT molecular complexity index is 312. The van der Waals surface area contributed by atoms with Crippen molar-refractivity contribution in [2.75, 3.05) is 13.1 Å². The van der Waals surface area contributed by atoms with Gasteiger partial charge in [-0.2, -0.15) is 0 Å². The second kappa shape index (κ2) is 7.44. The third-order valence-electron chi connectivity index (χ3n) is 5.48. The molecule has 20 heavy (non-hydrogen) atoms. The van der Waals surface area contributed by atoms with E-state index in [1.807, 2.05) is 0 Å². The molecule has 1 aliphatic carbocycles. The fraction of sp³-hybridized carbons (Fsp3) is 0.941. The van der Waals surface area contributed by atoms with Crippen molar-refractivity contribution in [1.29, 1.82) is 0 Å². The summed E-state index contributed by atoms with van der Waals surface area (Å²) >= 11 is 0. The average Bonchev–Trinajstić information content (AvgIpc) is 2.64. The van der Waals surface area contributed by atoms with Gasteiger partial charge in [0, 0.05) is 5.54 Å². The van der Waals surface area contributed by atoms with Crippen LogP contribution in [-0.2, 0) is 4.79 Å². The van der Waals surface area contributed by atoms with Crippen molar-refractivity contribution in [2.24, 2.45) is 5.92 Å². The minimum Gasteiger partial charge on any atom is -0.481 e. The van der Waals surface area contributed by atoms with Gasteiger partial charge in [0.05, 0.1) is 6.42 Å². The first-order valence-corrected chi connectivity index (χ1v) is 8.63. The molecule has 0 amide bonds. The van der Waals surface area contributed by atoms with E-state index in [0.717, 1.165) is 31.8 Å². The first-order valence-electron chi connectivity index (χ1n) is 8.63. The molecular formula is C17H31NO2. The van der Waals surface area contributed by atoms with E-state index >= 15 is 0 Å². The summed E-state index contributed by atoms with van der Waals surface area (Å²) in [6, 6.07) is 0. The van der Waals surface area contributed by atoms with Crippen molar-refractivity contribution in [2.45, 2.75) is 83.1 Å². The topological polar surface area (TPSA) is 40.5 Å².